The number of aromatic hydroxyl groups is 1. The monoisotopic (exact) mass is 266 g/mol. The molecule has 0 aliphatic carbocycles. The van der Waals surface area contributed by atoms with Crippen LogP contribution in [0.4, 0.5) is 0 Å². The van der Waals surface area contributed by atoms with Gasteiger partial charge in [0.2, 0.25) is 0 Å². The zero-order valence-corrected chi connectivity index (χ0v) is 11.3. The van der Waals surface area contributed by atoms with E-state index < -0.39 is 0 Å². The highest BCUT2D eigenvalue weighted by Crippen LogP contribution is 2.36. The predicted molar refractivity (Wildman–Crippen MR) is 73.5 cm³/mol. The lowest BCUT2D eigenvalue weighted by Crippen LogP contribution is -2.46. The van der Waals surface area contributed by atoms with Gasteiger partial charge in [0.1, 0.15) is 0 Å². The second kappa shape index (κ2) is 6.75. The zero-order chi connectivity index (χ0) is 13.7. The van der Waals surface area contributed by atoms with Crippen LogP contribution in [0.2, 0.25) is 0 Å². The van der Waals surface area contributed by atoms with Gasteiger partial charge in [-0.15, -0.1) is 0 Å². The van der Waals surface area contributed by atoms with Crippen molar-refractivity contribution in [2.24, 2.45) is 0 Å². The van der Waals surface area contributed by atoms with Gasteiger partial charge in [-0.25, -0.2) is 0 Å². The molecule has 1 aliphatic rings. The first kappa shape index (κ1) is 14.1. The van der Waals surface area contributed by atoms with Crippen molar-refractivity contribution in [1.82, 2.24) is 10.2 Å². The molecule has 1 fully saturated rings. The maximum Gasteiger partial charge on any atom is 0.162 e. The fraction of sp³-hybridized carbons (Fsp3) is 0.571. The number of rotatable bonds is 5. The van der Waals surface area contributed by atoms with Crippen LogP contribution in [0.15, 0.2) is 18.2 Å². The fourth-order valence-electron chi connectivity index (χ4n) is 2.48. The van der Waals surface area contributed by atoms with Crippen LogP contribution in [0, 0.1) is 0 Å². The van der Waals surface area contributed by atoms with Gasteiger partial charge < -0.3 is 20.3 Å². The summed E-state index contributed by atoms with van der Waals surface area (Å²) in [5, 5.41) is 23.2. The highest BCUT2D eigenvalue weighted by atomic mass is 16.5. The minimum Gasteiger partial charge on any atom is -0.504 e. The molecule has 5 nitrogen and oxygen atoms in total. The Hall–Kier alpha value is -1.30. The van der Waals surface area contributed by atoms with Crippen LogP contribution in [0.3, 0.4) is 0 Å². The highest BCUT2D eigenvalue weighted by Gasteiger charge is 2.24. The van der Waals surface area contributed by atoms with Crippen molar-refractivity contribution in [3.8, 4) is 11.5 Å². The summed E-state index contributed by atoms with van der Waals surface area (Å²) >= 11 is 0. The topological polar surface area (TPSA) is 65.0 Å². The molecule has 1 heterocycles. The van der Waals surface area contributed by atoms with Crippen LogP contribution in [0.1, 0.15) is 18.5 Å². The summed E-state index contributed by atoms with van der Waals surface area (Å²) in [6.07, 6.45) is 0. The Labute approximate surface area is 113 Å². The summed E-state index contributed by atoms with van der Waals surface area (Å²) < 4.78 is 5.40. The van der Waals surface area contributed by atoms with E-state index >= 15 is 0 Å². The normalized spacial score (nSPS) is 18.2. The standard InChI is InChI=1S/C14H22N2O3/c1-2-19-13-5-3-4-11(14(13)18)12(10-17)16-8-6-15-7-9-16/h3-5,12,15,17-18H,2,6-10H2,1H3/t12-/m1/s1. The van der Waals surface area contributed by atoms with Crippen molar-refractivity contribution >= 4 is 0 Å². The third-order valence-electron chi connectivity index (χ3n) is 3.45. The first-order chi connectivity index (χ1) is 9.27. The molecule has 0 bridgehead atoms. The molecule has 0 radical (unpaired) electrons. The van der Waals surface area contributed by atoms with Crippen LogP contribution in [-0.2, 0) is 0 Å². The van der Waals surface area contributed by atoms with Gasteiger partial charge in [-0.05, 0) is 13.0 Å². The van der Waals surface area contributed by atoms with Crippen LogP contribution < -0.4 is 10.1 Å². The molecular formula is C14H22N2O3. The number of phenolic OH excluding ortho intramolecular Hbond substituents is 1. The molecule has 5 heteroatoms. The van der Waals surface area contributed by atoms with Gasteiger partial charge in [-0.2, -0.15) is 0 Å². The van der Waals surface area contributed by atoms with Crippen LogP contribution in [0.5, 0.6) is 11.5 Å². The van der Waals surface area contributed by atoms with Crippen molar-refractivity contribution < 1.29 is 14.9 Å². The molecule has 1 saturated heterocycles. The van der Waals surface area contributed by atoms with Crippen molar-refractivity contribution in [3.05, 3.63) is 23.8 Å². The molecule has 0 spiro atoms. The van der Waals surface area contributed by atoms with E-state index in [1.54, 1.807) is 6.07 Å². The number of hydrogen-bond donors (Lipinski definition) is 3. The Morgan fingerprint density at radius 1 is 1.37 bits per heavy atom. The minimum atomic E-state index is -0.178. The van der Waals surface area contributed by atoms with Crippen molar-refractivity contribution in [3.63, 3.8) is 0 Å². The van der Waals surface area contributed by atoms with Crippen LogP contribution in [-0.4, -0.2) is 54.5 Å². The lowest BCUT2D eigenvalue weighted by molar-refractivity contribution is 0.108. The zero-order valence-electron chi connectivity index (χ0n) is 11.3. The summed E-state index contributed by atoms with van der Waals surface area (Å²) in [6.45, 7) is 5.92. The third-order valence-corrected chi connectivity index (χ3v) is 3.45. The second-order valence-electron chi connectivity index (χ2n) is 4.61. The molecule has 0 aromatic heterocycles. The predicted octanol–water partition coefficient (Wildman–Crippen LogP) is 0.729. The number of benzene rings is 1. The van der Waals surface area contributed by atoms with Gasteiger partial charge in [0.05, 0.1) is 19.3 Å². The van der Waals surface area contributed by atoms with E-state index in [2.05, 4.69) is 10.2 Å². The Bertz CT molecular complexity index is 406. The van der Waals surface area contributed by atoms with Crippen molar-refractivity contribution in [1.29, 1.82) is 0 Å². The highest BCUT2D eigenvalue weighted by molar-refractivity contribution is 5.47. The molecule has 0 saturated carbocycles. The van der Waals surface area contributed by atoms with Crippen LogP contribution >= 0.6 is 0 Å². The number of nitrogens with zero attached hydrogens (tertiary/aromatic N) is 1. The number of piperazine rings is 1. The summed E-state index contributed by atoms with van der Waals surface area (Å²) in [7, 11) is 0. The molecule has 19 heavy (non-hydrogen) atoms. The van der Waals surface area contributed by atoms with E-state index in [4.69, 9.17) is 4.74 Å². The first-order valence-corrected chi connectivity index (χ1v) is 6.78. The smallest absolute Gasteiger partial charge is 0.162 e. The Balaban J connectivity index is 2.24. The van der Waals surface area contributed by atoms with E-state index in [-0.39, 0.29) is 18.4 Å². The maximum absolute atomic E-state index is 10.3. The molecular weight excluding hydrogens is 244 g/mol. The summed E-state index contributed by atoms with van der Waals surface area (Å²) in [5.41, 5.74) is 0.732. The molecule has 1 aliphatic heterocycles. The Morgan fingerprint density at radius 3 is 2.74 bits per heavy atom. The van der Waals surface area contributed by atoms with E-state index in [0.717, 1.165) is 31.7 Å². The number of aliphatic hydroxyl groups excluding tert-OH is 1. The van der Waals surface area contributed by atoms with Crippen molar-refractivity contribution in [2.75, 3.05) is 39.4 Å². The molecule has 106 valence electrons. The van der Waals surface area contributed by atoms with Crippen LogP contribution in [0.25, 0.3) is 0 Å². The molecule has 0 amide bonds. The average molecular weight is 266 g/mol. The summed E-state index contributed by atoms with van der Waals surface area (Å²) in [4.78, 5) is 2.18. The number of hydrogen-bond acceptors (Lipinski definition) is 5. The average Bonchev–Trinajstić information content (AvgIpc) is 2.45. The molecule has 1 aromatic rings. The number of aliphatic hydroxyl groups is 1. The first-order valence-electron chi connectivity index (χ1n) is 6.78. The molecule has 1 atom stereocenters. The molecule has 1 aromatic carbocycles. The summed E-state index contributed by atoms with van der Waals surface area (Å²) in [5.74, 6) is 0.621. The largest absolute Gasteiger partial charge is 0.504 e. The molecule has 0 unspecified atom stereocenters. The van der Waals surface area contributed by atoms with Gasteiger partial charge in [0.25, 0.3) is 0 Å². The van der Waals surface area contributed by atoms with Gasteiger partial charge >= 0.3 is 0 Å². The maximum atomic E-state index is 10.3. The van der Waals surface area contributed by atoms with Gasteiger partial charge in [-0.3, -0.25) is 4.90 Å². The second-order valence-corrected chi connectivity index (χ2v) is 4.61. The summed E-state index contributed by atoms with van der Waals surface area (Å²) in [6, 6.07) is 5.27. The van der Waals surface area contributed by atoms with E-state index in [1.807, 2.05) is 19.1 Å². The van der Waals surface area contributed by atoms with Gasteiger partial charge in [-0.1, -0.05) is 12.1 Å². The minimum absolute atomic E-state index is 0.0108. The van der Waals surface area contributed by atoms with E-state index in [0.29, 0.717) is 12.4 Å². The Kier molecular flexibility index (Phi) is 5.01. The van der Waals surface area contributed by atoms with Gasteiger partial charge in [0, 0.05) is 31.7 Å². The number of ether oxygens (including phenoxy) is 1. The number of para-hydroxylation sites is 1. The van der Waals surface area contributed by atoms with Gasteiger partial charge in [0.15, 0.2) is 11.5 Å². The Morgan fingerprint density at radius 2 is 2.11 bits per heavy atom. The quantitative estimate of drug-likeness (QED) is 0.733. The number of nitrogens with one attached hydrogen (secondary N) is 1. The third kappa shape index (κ3) is 3.18. The lowest BCUT2D eigenvalue weighted by atomic mass is 10.0. The fourth-order valence-corrected chi connectivity index (χ4v) is 2.48. The molecule has 3 N–H and O–H groups in total. The number of phenols is 1. The lowest BCUT2D eigenvalue weighted by Gasteiger charge is -2.34. The SMILES string of the molecule is CCOc1cccc([C@@H](CO)N2CCNCC2)c1O. The van der Waals surface area contributed by atoms with Crippen molar-refractivity contribution in [2.45, 2.75) is 13.0 Å². The van der Waals surface area contributed by atoms with E-state index in [1.165, 1.54) is 0 Å². The van der Waals surface area contributed by atoms with E-state index in [9.17, 15) is 10.2 Å². The molecule has 2 rings (SSSR count).